The standard InChI is InChI=1S/C18H26ClN5O/c1-5-20-18(24(4)12-14-6-8-15(19)9-7-14)21-11-10-16-22-17(13(2)3)23-25-16/h6-9,13H,5,10-12H2,1-4H3,(H,20,21). The first-order valence-electron chi connectivity index (χ1n) is 8.56. The SMILES string of the molecule is CCNC(=NCCc1nc(C(C)C)no1)N(C)Cc1ccc(Cl)cc1. The van der Waals surface area contributed by atoms with Gasteiger partial charge in [-0.15, -0.1) is 0 Å². The zero-order valence-corrected chi connectivity index (χ0v) is 16.0. The van der Waals surface area contributed by atoms with Crippen LogP contribution in [0.5, 0.6) is 0 Å². The maximum atomic E-state index is 5.94. The summed E-state index contributed by atoms with van der Waals surface area (Å²) in [5.41, 5.74) is 1.18. The van der Waals surface area contributed by atoms with Crippen LogP contribution >= 0.6 is 11.6 Å². The Morgan fingerprint density at radius 2 is 2.04 bits per heavy atom. The maximum absolute atomic E-state index is 5.94. The van der Waals surface area contributed by atoms with E-state index in [1.54, 1.807) is 0 Å². The second-order valence-electron chi connectivity index (χ2n) is 6.17. The average Bonchev–Trinajstić information content (AvgIpc) is 3.05. The third kappa shape index (κ3) is 6.05. The summed E-state index contributed by atoms with van der Waals surface area (Å²) in [6.45, 7) is 8.29. The zero-order chi connectivity index (χ0) is 18.2. The van der Waals surface area contributed by atoms with E-state index >= 15 is 0 Å². The average molecular weight is 364 g/mol. The van der Waals surface area contributed by atoms with Crippen LogP contribution in [0.25, 0.3) is 0 Å². The van der Waals surface area contributed by atoms with Crippen molar-refractivity contribution in [3.63, 3.8) is 0 Å². The third-order valence-corrected chi connectivity index (χ3v) is 3.87. The van der Waals surface area contributed by atoms with Crippen molar-refractivity contribution in [1.29, 1.82) is 0 Å². The van der Waals surface area contributed by atoms with Crippen LogP contribution in [0.2, 0.25) is 5.02 Å². The summed E-state index contributed by atoms with van der Waals surface area (Å²) in [6.07, 6.45) is 0.628. The quantitative estimate of drug-likeness (QED) is 0.602. The van der Waals surface area contributed by atoms with E-state index in [0.717, 1.165) is 29.9 Å². The lowest BCUT2D eigenvalue weighted by atomic mass is 10.2. The molecule has 0 amide bonds. The Kier molecular flexibility index (Phi) is 7.25. The Balaban J connectivity index is 1.95. The molecule has 136 valence electrons. The molecule has 1 heterocycles. The number of halogens is 1. The lowest BCUT2D eigenvalue weighted by Crippen LogP contribution is -2.38. The van der Waals surface area contributed by atoms with Crippen LogP contribution in [0.4, 0.5) is 0 Å². The van der Waals surface area contributed by atoms with Crippen molar-refractivity contribution in [2.45, 2.75) is 39.7 Å². The normalized spacial score (nSPS) is 11.8. The largest absolute Gasteiger partial charge is 0.357 e. The van der Waals surface area contributed by atoms with Crippen LogP contribution in [0.1, 0.15) is 44.0 Å². The molecule has 7 heteroatoms. The summed E-state index contributed by atoms with van der Waals surface area (Å²) in [7, 11) is 2.01. The fraction of sp³-hybridized carbons (Fsp3) is 0.500. The van der Waals surface area contributed by atoms with Gasteiger partial charge in [0.25, 0.3) is 0 Å². The van der Waals surface area contributed by atoms with Gasteiger partial charge in [-0.05, 0) is 24.6 Å². The van der Waals surface area contributed by atoms with Crippen LogP contribution in [-0.4, -0.2) is 41.1 Å². The zero-order valence-electron chi connectivity index (χ0n) is 15.3. The van der Waals surface area contributed by atoms with Crippen molar-refractivity contribution >= 4 is 17.6 Å². The Labute approximate surface area is 154 Å². The topological polar surface area (TPSA) is 66.5 Å². The van der Waals surface area contributed by atoms with Crippen molar-refractivity contribution in [3.05, 3.63) is 46.6 Å². The molecule has 0 fully saturated rings. The number of hydrogen-bond acceptors (Lipinski definition) is 4. The van der Waals surface area contributed by atoms with Gasteiger partial charge < -0.3 is 14.7 Å². The Bertz CT molecular complexity index is 681. The molecule has 0 atom stereocenters. The molecule has 25 heavy (non-hydrogen) atoms. The van der Waals surface area contributed by atoms with Gasteiger partial charge in [-0.25, -0.2) is 0 Å². The van der Waals surface area contributed by atoms with Crippen LogP contribution < -0.4 is 5.32 Å². The van der Waals surface area contributed by atoms with E-state index in [4.69, 9.17) is 16.1 Å². The van der Waals surface area contributed by atoms with Gasteiger partial charge in [-0.1, -0.05) is 42.7 Å². The molecule has 1 aromatic carbocycles. The first kappa shape index (κ1) is 19.2. The number of rotatable bonds is 7. The monoisotopic (exact) mass is 363 g/mol. The number of hydrogen-bond donors (Lipinski definition) is 1. The van der Waals surface area contributed by atoms with Crippen LogP contribution in [0.15, 0.2) is 33.8 Å². The summed E-state index contributed by atoms with van der Waals surface area (Å²) < 4.78 is 5.26. The van der Waals surface area contributed by atoms with Gasteiger partial charge in [0, 0.05) is 37.5 Å². The van der Waals surface area contributed by atoms with E-state index in [0.29, 0.717) is 18.9 Å². The molecule has 2 aromatic rings. The molecule has 0 aliphatic carbocycles. The predicted octanol–water partition coefficient (Wildman–Crippen LogP) is 3.49. The first-order valence-corrected chi connectivity index (χ1v) is 8.93. The predicted molar refractivity (Wildman–Crippen MR) is 101 cm³/mol. The summed E-state index contributed by atoms with van der Waals surface area (Å²) in [5, 5.41) is 8.03. The van der Waals surface area contributed by atoms with Crippen molar-refractivity contribution in [2.24, 2.45) is 4.99 Å². The van der Waals surface area contributed by atoms with E-state index in [1.165, 1.54) is 5.56 Å². The van der Waals surface area contributed by atoms with Crippen molar-refractivity contribution in [3.8, 4) is 0 Å². The van der Waals surface area contributed by atoms with Gasteiger partial charge in [0.1, 0.15) is 0 Å². The van der Waals surface area contributed by atoms with Gasteiger partial charge in [-0.3, -0.25) is 4.99 Å². The van der Waals surface area contributed by atoms with E-state index in [-0.39, 0.29) is 5.92 Å². The lowest BCUT2D eigenvalue weighted by Gasteiger charge is -2.22. The molecular formula is C18H26ClN5O. The molecule has 0 spiro atoms. The molecule has 0 radical (unpaired) electrons. The van der Waals surface area contributed by atoms with E-state index in [2.05, 4.69) is 32.3 Å². The fourth-order valence-corrected chi connectivity index (χ4v) is 2.40. The highest BCUT2D eigenvalue weighted by molar-refractivity contribution is 6.30. The molecule has 1 N–H and O–H groups in total. The summed E-state index contributed by atoms with van der Waals surface area (Å²) in [4.78, 5) is 11.1. The number of aromatic nitrogens is 2. The highest BCUT2D eigenvalue weighted by Gasteiger charge is 2.10. The highest BCUT2D eigenvalue weighted by atomic mass is 35.5. The number of benzene rings is 1. The van der Waals surface area contributed by atoms with Crippen molar-refractivity contribution in [1.82, 2.24) is 20.4 Å². The molecule has 6 nitrogen and oxygen atoms in total. The Morgan fingerprint density at radius 1 is 1.32 bits per heavy atom. The van der Waals surface area contributed by atoms with Gasteiger partial charge in [0.15, 0.2) is 11.8 Å². The molecule has 0 aliphatic rings. The Morgan fingerprint density at radius 3 is 2.64 bits per heavy atom. The first-order chi connectivity index (χ1) is 12.0. The fourth-order valence-electron chi connectivity index (χ4n) is 2.27. The molecule has 1 aromatic heterocycles. The van der Waals surface area contributed by atoms with Crippen molar-refractivity contribution < 1.29 is 4.52 Å². The van der Waals surface area contributed by atoms with E-state index in [1.807, 2.05) is 45.2 Å². The van der Waals surface area contributed by atoms with E-state index < -0.39 is 0 Å². The highest BCUT2D eigenvalue weighted by Crippen LogP contribution is 2.12. The second kappa shape index (κ2) is 9.42. The van der Waals surface area contributed by atoms with E-state index in [9.17, 15) is 0 Å². The molecule has 2 rings (SSSR count). The Hall–Kier alpha value is -2.08. The van der Waals surface area contributed by atoms with Crippen LogP contribution in [0.3, 0.4) is 0 Å². The second-order valence-corrected chi connectivity index (χ2v) is 6.61. The maximum Gasteiger partial charge on any atom is 0.228 e. The number of aliphatic imine (C=N–C) groups is 1. The van der Waals surface area contributed by atoms with Gasteiger partial charge in [0.2, 0.25) is 5.89 Å². The molecule has 0 aliphatic heterocycles. The molecule has 0 unspecified atom stereocenters. The van der Waals surface area contributed by atoms with Crippen LogP contribution in [0, 0.1) is 0 Å². The smallest absolute Gasteiger partial charge is 0.228 e. The number of guanidine groups is 1. The lowest BCUT2D eigenvalue weighted by molar-refractivity contribution is 0.372. The number of nitrogens with zero attached hydrogens (tertiary/aromatic N) is 4. The van der Waals surface area contributed by atoms with Gasteiger partial charge >= 0.3 is 0 Å². The van der Waals surface area contributed by atoms with Crippen LogP contribution in [-0.2, 0) is 13.0 Å². The third-order valence-electron chi connectivity index (χ3n) is 3.62. The molecule has 0 saturated heterocycles. The summed E-state index contributed by atoms with van der Waals surface area (Å²) in [5.74, 6) is 2.49. The minimum absolute atomic E-state index is 0.267. The molecule has 0 bridgehead atoms. The molecule has 0 saturated carbocycles. The minimum Gasteiger partial charge on any atom is -0.357 e. The van der Waals surface area contributed by atoms with Gasteiger partial charge in [0.05, 0.1) is 6.54 Å². The van der Waals surface area contributed by atoms with Gasteiger partial charge in [-0.2, -0.15) is 4.98 Å². The summed E-state index contributed by atoms with van der Waals surface area (Å²) in [6, 6.07) is 7.84. The molecular weight excluding hydrogens is 338 g/mol. The van der Waals surface area contributed by atoms with Crippen molar-refractivity contribution in [2.75, 3.05) is 20.1 Å². The summed E-state index contributed by atoms with van der Waals surface area (Å²) >= 11 is 5.94. The minimum atomic E-state index is 0.267. The number of nitrogens with one attached hydrogen (secondary N) is 1.